The second-order valence-corrected chi connectivity index (χ2v) is 10.4. The third kappa shape index (κ3) is 6.09. The number of rotatable bonds is 8. The zero-order chi connectivity index (χ0) is 26.5. The van der Waals surface area contributed by atoms with Crippen LogP contribution in [0.15, 0.2) is 69.4 Å². The summed E-state index contributed by atoms with van der Waals surface area (Å²) in [6, 6.07) is 17.0. The molecule has 4 rings (SSSR count). The summed E-state index contributed by atoms with van der Waals surface area (Å²) in [5, 5.41) is 24.5. The van der Waals surface area contributed by atoms with E-state index in [1.165, 1.54) is 35.2 Å². The number of carbonyl (C=O) groups excluding carboxylic acids is 1. The van der Waals surface area contributed by atoms with E-state index in [1.807, 2.05) is 31.2 Å². The van der Waals surface area contributed by atoms with Crippen LogP contribution in [-0.4, -0.2) is 22.4 Å². The van der Waals surface area contributed by atoms with Gasteiger partial charge in [-0.2, -0.15) is 5.26 Å². The number of fused-ring (bicyclic) bond motifs is 1. The van der Waals surface area contributed by atoms with Gasteiger partial charge in [0, 0.05) is 16.8 Å². The minimum atomic E-state index is -0.644. The molecule has 4 aromatic rings. The lowest BCUT2D eigenvalue weighted by Gasteiger charge is -2.09. The van der Waals surface area contributed by atoms with Crippen molar-refractivity contribution in [2.45, 2.75) is 23.1 Å². The molecule has 1 heterocycles. The van der Waals surface area contributed by atoms with Crippen LogP contribution in [0.1, 0.15) is 18.1 Å². The maximum atomic E-state index is 12.7. The van der Waals surface area contributed by atoms with Crippen molar-refractivity contribution >= 4 is 68.3 Å². The van der Waals surface area contributed by atoms with Crippen LogP contribution in [0, 0.1) is 28.4 Å². The number of nitriles is 1. The molecule has 0 atom stereocenters. The summed E-state index contributed by atoms with van der Waals surface area (Å²) in [5.74, 6) is 0.0926. The molecular weight excluding hydrogens is 532 g/mol. The largest absolute Gasteiger partial charge is 0.494 e. The number of hydrogen-bond acceptors (Lipinski definition) is 8. The fourth-order valence-corrected chi connectivity index (χ4v) is 5.69. The first kappa shape index (κ1) is 26.2. The Bertz CT molecular complexity index is 1590. The molecule has 0 unspecified atom stereocenters. The van der Waals surface area contributed by atoms with Gasteiger partial charge in [-0.05, 0) is 67.4 Å². The minimum Gasteiger partial charge on any atom is -0.494 e. The first-order valence-electron chi connectivity index (χ1n) is 11.0. The van der Waals surface area contributed by atoms with E-state index in [4.69, 9.17) is 16.3 Å². The van der Waals surface area contributed by atoms with E-state index < -0.39 is 10.8 Å². The Hall–Kier alpha value is -3.91. The van der Waals surface area contributed by atoms with Gasteiger partial charge in [-0.15, -0.1) is 11.3 Å². The van der Waals surface area contributed by atoms with Crippen molar-refractivity contribution in [3.05, 3.63) is 86.4 Å². The molecule has 3 aromatic carbocycles. The molecular formula is C26H19ClN4O4S2. The normalized spacial score (nSPS) is 11.2. The Morgan fingerprint density at radius 1 is 1.30 bits per heavy atom. The van der Waals surface area contributed by atoms with E-state index >= 15 is 0 Å². The number of ether oxygens (including phenoxy) is 1. The highest BCUT2D eigenvalue weighted by Crippen LogP contribution is 2.40. The number of nitro benzene ring substituents is 1. The molecule has 0 saturated heterocycles. The number of anilines is 1. The number of amides is 1. The molecule has 37 heavy (non-hydrogen) atoms. The second kappa shape index (κ2) is 11.4. The van der Waals surface area contributed by atoms with E-state index in [9.17, 15) is 20.2 Å². The first-order valence-corrected chi connectivity index (χ1v) is 13.0. The molecule has 0 aliphatic rings. The monoisotopic (exact) mass is 550 g/mol. The number of halogens is 1. The fourth-order valence-electron chi connectivity index (χ4n) is 3.38. The summed E-state index contributed by atoms with van der Waals surface area (Å²) in [7, 11) is 0. The lowest BCUT2D eigenvalue weighted by Crippen LogP contribution is -2.14. The van der Waals surface area contributed by atoms with Crippen molar-refractivity contribution < 1.29 is 14.5 Å². The average molecular weight is 551 g/mol. The van der Waals surface area contributed by atoms with Gasteiger partial charge >= 0.3 is 0 Å². The van der Waals surface area contributed by atoms with Crippen LogP contribution < -0.4 is 10.1 Å². The lowest BCUT2D eigenvalue weighted by atomic mass is 10.1. The molecule has 186 valence electrons. The Morgan fingerprint density at radius 2 is 2.11 bits per heavy atom. The van der Waals surface area contributed by atoms with Crippen LogP contribution in [0.25, 0.3) is 16.3 Å². The first-order chi connectivity index (χ1) is 17.8. The van der Waals surface area contributed by atoms with Gasteiger partial charge in [-0.1, -0.05) is 35.5 Å². The van der Waals surface area contributed by atoms with Crippen molar-refractivity contribution in [1.29, 1.82) is 5.26 Å². The smallest absolute Gasteiger partial charge is 0.283 e. The summed E-state index contributed by atoms with van der Waals surface area (Å²) in [6.45, 7) is 4.20. The number of nitrogens with zero attached hydrogens (tertiary/aromatic N) is 3. The molecule has 1 N–H and O–H groups in total. The fraction of sp³-hybridized carbons (Fsp3) is 0.115. The molecule has 0 spiro atoms. The van der Waals surface area contributed by atoms with Gasteiger partial charge in [0.05, 0.1) is 26.6 Å². The van der Waals surface area contributed by atoms with Gasteiger partial charge in [0.1, 0.15) is 17.4 Å². The minimum absolute atomic E-state index is 0.156. The molecule has 0 fully saturated rings. The summed E-state index contributed by atoms with van der Waals surface area (Å²) in [5.41, 5.74) is 1.90. The van der Waals surface area contributed by atoms with Gasteiger partial charge in [0.15, 0.2) is 4.34 Å². The van der Waals surface area contributed by atoms with Gasteiger partial charge in [0.2, 0.25) is 0 Å². The third-order valence-electron chi connectivity index (χ3n) is 5.22. The Morgan fingerprint density at radius 3 is 2.84 bits per heavy atom. The van der Waals surface area contributed by atoms with Gasteiger partial charge < -0.3 is 10.1 Å². The maximum absolute atomic E-state index is 12.7. The second-order valence-electron chi connectivity index (χ2n) is 7.66. The zero-order valence-corrected chi connectivity index (χ0v) is 22.0. The summed E-state index contributed by atoms with van der Waals surface area (Å²) < 4.78 is 7.08. The van der Waals surface area contributed by atoms with Crippen LogP contribution in [0.3, 0.4) is 0 Å². The molecule has 0 saturated carbocycles. The van der Waals surface area contributed by atoms with Crippen molar-refractivity contribution in [3.8, 4) is 11.8 Å². The quantitative estimate of drug-likeness (QED) is 0.106. The number of aromatic nitrogens is 1. The van der Waals surface area contributed by atoms with E-state index in [-0.39, 0.29) is 11.3 Å². The Balaban J connectivity index is 1.59. The SMILES string of the molecule is CCOc1ccc2nc(Sc3ccc(/C=C(\C#N)C(=O)Nc4cccc(Cl)c4C)cc3[N+](=O)[O-])sc2c1. The van der Waals surface area contributed by atoms with Crippen LogP contribution in [0.5, 0.6) is 5.75 Å². The predicted octanol–water partition coefficient (Wildman–Crippen LogP) is 7.26. The van der Waals surface area contributed by atoms with Crippen LogP contribution >= 0.6 is 34.7 Å². The molecule has 1 amide bonds. The molecule has 0 aliphatic heterocycles. The number of carbonyl (C=O) groups is 1. The van der Waals surface area contributed by atoms with Crippen molar-refractivity contribution in [3.63, 3.8) is 0 Å². The van der Waals surface area contributed by atoms with E-state index in [1.54, 1.807) is 37.3 Å². The number of thiazole rings is 1. The summed E-state index contributed by atoms with van der Waals surface area (Å²) in [6.07, 6.45) is 1.31. The van der Waals surface area contributed by atoms with Crippen LogP contribution in [-0.2, 0) is 4.79 Å². The third-order valence-corrected chi connectivity index (χ3v) is 7.77. The van der Waals surface area contributed by atoms with Crippen LogP contribution in [0.2, 0.25) is 5.02 Å². The van der Waals surface area contributed by atoms with Crippen LogP contribution in [0.4, 0.5) is 11.4 Å². The van der Waals surface area contributed by atoms with Crippen molar-refractivity contribution in [1.82, 2.24) is 4.98 Å². The summed E-state index contributed by atoms with van der Waals surface area (Å²) >= 11 is 8.69. The van der Waals surface area contributed by atoms with Gasteiger partial charge in [0.25, 0.3) is 11.6 Å². The number of nitrogens with one attached hydrogen (secondary N) is 1. The number of nitro groups is 1. The predicted molar refractivity (Wildman–Crippen MR) is 146 cm³/mol. The van der Waals surface area contributed by atoms with Gasteiger partial charge in [-0.3, -0.25) is 14.9 Å². The Kier molecular flexibility index (Phi) is 8.08. The number of benzene rings is 3. The average Bonchev–Trinajstić information content (AvgIpc) is 3.27. The maximum Gasteiger partial charge on any atom is 0.283 e. The standard InChI is InChI=1S/C26H19ClN4O4S2/c1-3-35-18-8-9-21-24(13-18)37-26(30-21)36-23-10-7-16(12-22(23)31(33)34)11-17(14-28)25(32)29-20-6-4-5-19(27)15(20)2/h4-13H,3H2,1-2H3,(H,29,32)/b17-11+. The topological polar surface area (TPSA) is 118 Å². The number of hydrogen-bond donors (Lipinski definition) is 1. The van der Waals surface area contributed by atoms with E-state index in [0.717, 1.165) is 16.0 Å². The lowest BCUT2D eigenvalue weighted by molar-refractivity contribution is -0.387. The highest BCUT2D eigenvalue weighted by molar-refractivity contribution is 8.01. The molecule has 11 heteroatoms. The van der Waals surface area contributed by atoms with Crippen molar-refractivity contribution in [2.75, 3.05) is 11.9 Å². The van der Waals surface area contributed by atoms with Gasteiger partial charge in [-0.25, -0.2) is 4.98 Å². The highest BCUT2D eigenvalue weighted by atomic mass is 35.5. The zero-order valence-electron chi connectivity index (χ0n) is 19.6. The van der Waals surface area contributed by atoms with E-state index in [2.05, 4.69) is 10.3 Å². The molecule has 0 radical (unpaired) electrons. The highest BCUT2D eigenvalue weighted by Gasteiger charge is 2.19. The summed E-state index contributed by atoms with van der Waals surface area (Å²) in [4.78, 5) is 29.0. The Labute approximate surface area is 225 Å². The molecule has 0 aliphatic carbocycles. The molecule has 8 nitrogen and oxygen atoms in total. The van der Waals surface area contributed by atoms with Crippen molar-refractivity contribution in [2.24, 2.45) is 0 Å². The molecule has 0 bridgehead atoms. The molecule has 1 aromatic heterocycles. The van der Waals surface area contributed by atoms with E-state index in [0.29, 0.717) is 37.7 Å².